The molecule has 13 heteroatoms. The molecule has 2 saturated heterocycles. The zero-order valence-corrected chi connectivity index (χ0v) is 25.1. The maximum absolute atomic E-state index is 13.0. The molecule has 1 aromatic heterocycles. The summed E-state index contributed by atoms with van der Waals surface area (Å²) in [6, 6.07) is 9.40. The van der Waals surface area contributed by atoms with Crippen LogP contribution in [-0.4, -0.2) is 96.1 Å². The number of hydrogen-bond acceptors (Lipinski definition) is 8. The first-order chi connectivity index (χ1) is 21.1. The van der Waals surface area contributed by atoms with Crippen LogP contribution in [0.15, 0.2) is 36.4 Å². The van der Waals surface area contributed by atoms with E-state index in [0.717, 1.165) is 0 Å². The Balaban J connectivity index is 1.33. The standard InChI is InChI=1S/C31H38N6O7/c1-4-32-29(40)28-34-33-27(23-16-22(18(2)3)25(38)17-26(23)39)37(28)19-7-9-20(10-8-19)44-21-11-14-35(15-12-21)30(41)24-6-5-13-36(24)31(42)43/h7-10,16-18,21,24,38-39H,4-6,11-15H2,1-3H3,(H,32,40)(H,42,43). The number of likely N-dealkylation sites (tertiary alicyclic amines) is 2. The lowest BCUT2D eigenvalue weighted by Crippen LogP contribution is -2.50. The number of amides is 3. The van der Waals surface area contributed by atoms with Gasteiger partial charge >= 0.3 is 6.09 Å². The van der Waals surface area contributed by atoms with Gasteiger partial charge in [0.2, 0.25) is 11.7 Å². The van der Waals surface area contributed by atoms with Crippen molar-refractivity contribution in [1.82, 2.24) is 29.9 Å². The zero-order valence-electron chi connectivity index (χ0n) is 25.1. The molecule has 4 N–H and O–H groups in total. The van der Waals surface area contributed by atoms with E-state index in [-0.39, 0.29) is 41.1 Å². The van der Waals surface area contributed by atoms with Crippen molar-refractivity contribution >= 4 is 17.9 Å². The van der Waals surface area contributed by atoms with Gasteiger partial charge in [0.1, 0.15) is 29.4 Å². The molecule has 3 heterocycles. The Morgan fingerprint density at radius 1 is 1.00 bits per heavy atom. The van der Waals surface area contributed by atoms with E-state index in [2.05, 4.69) is 15.5 Å². The van der Waals surface area contributed by atoms with Gasteiger partial charge in [0.05, 0.1) is 5.56 Å². The number of phenols is 2. The van der Waals surface area contributed by atoms with E-state index >= 15 is 0 Å². The van der Waals surface area contributed by atoms with Gasteiger partial charge < -0.3 is 30.3 Å². The summed E-state index contributed by atoms with van der Waals surface area (Å²) in [5, 5.41) is 41.6. The Hall–Kier alpha value is -4.81. The summed E-state index contributed by atoms with van der Waals surface area (Å²) in [5.74, 6) is 0.0483. The van der Waals surface area contributed by atoms with Crippen LogP contribution in [0.1, 0.15) is 68.6 Å². The van der Waals surface area contributed by atoms with Crippen LogP contribution < -0.4 is 10.1 Å². The van der Waals surface area contributed by atoms with Crippen molar-refractivity contribution in [2.75, 3.05) is 26.2 Å². The van der Waals surface area contributed by atoms with Crippen molar-refractivity contribution in [3.05, 3.63) is 47.8 Å². The molecular formula is C31H38N6O7. The van der Waals surface area contributed by atoms with Crippen LogP contribution in [0, 0.1) is 0 Å². The van der Waals surface area contributed by atoms with Crippen molar-refractivity contribution < 1.29 is 34.4 Å². The summed E-state index contributed by atoms with van der Waals surface area (Å²) in [7, 11) is 0. The van der Waals surface area contributed by atoms with E-state index in [1.165, 1.54) is 11.0 Å². The second-order valence-corrected chi connectivity index (χ2v) is 11.4. The van der Waals surface area contributed by atoms with Gasteiger partial charge in [-0.3, -0.25) is 19.1 Å². The lowest BCUT2D eigenvalue weighted by Gasteiger charge is -2.35. The quantitative estimate of drug-likeness (QED) is 0.298. The number of piperidine rings is 1. The molecule has 44 heavy (non-hydrogen) atoms. The first-order valence-electron chi connectivity index (χ1n) is 14.9. The number of benzene rings is 2. The summed E-state index contributed by atoms with van der Waals surface area (Å²) < 4.78 is 7.77. The second kappa shape index (κ2) is 12.8. The van der Waals surface area contributed by atoms with E-state index in [9.17, 15) is 29.7 Å². The molecule has 0 spiro atoms. The molecular weight excluding hydrogens is 568 g/mol. The number of phenolic OH excluding ortho intramolecular Hbond substituents is 2. The molecule has 0 saturated carbocycles. The Kier molecular flexibility index (Phi) is 8.93. The van der Waals surface area contributed by atoms with E-state index in [1.807, 2.05) is 13.8 Å². The maximum atomic E-state index is 13.0. The normalized spacial score (nSPS) is 17.2. The summed E-state index contributed by atoms with van der Waals surface area (Å²) in [6.45, 7) is 7.38. The Morgan fingerprint density at radius 3 is 2.34 bits per heavy atom. The molecule has 234 valence electrons. The fourth-order valence-corrected chi connectivity index (χ4v) is 5.85. The number of carbonyl (C=O) groups excluding carboxylic acids is 2. The van der Waals surface area contributed by atoms with Gasteiger partial charge in [0.25, 0.3) is 5.91 Å². The van der Waals surface area contributed by atoms with E-state index in [1.54, 1.807) is 46.7 Å². The average Bonchev–Trinajstić information content (AvgIpc) is 3.66. The largest absolute Gasteiger partial charge is 0.508 e. The summed E-state index contributed by atoms with van der Waals surface area (Å²) in [5.41, 5.74) is 1.50. The molecule has 0 bridgehead atoms. The van der Waals surface area contributed by atoms with Crippen LogP contribution in [-0.2, 0) is 4.79 Å². The molecule has 3 aromatic rings. The highest BCUT2D eigenvalue weighted by Gasteiger charge is 2.37. The lowest BCUT2D eigenvalue weighted by atomic mass is 9.98. The van der Waals surface area contributed by atoms with Crippen LogP contribution in [0.3, 0.4) is 0 Å². The first-order valence-corrected chi connectivity index (χ1v) is 14.9. The van der Waals surface area contributed by atoms with Gasteiger partial charge in [0, 0.05) is 50.8 Å². The van der Waals surface area contributed by atoms with E-state index in [0.29, 0.717) is 74.4 Å². The minimum Gasteiger partial charge on any atom is -0.508 e. The summed E-state index contributed by atoms with van der Waals surface area (Å²) in [4.78, 5) is 40.3. The smallest absolute Gasteiger partial charge is 0.407 e. The third-order valence-electron chi connectivity index (χ3n) is 8.15. The van der Waals surface area contributed by atoms with Crippen LogP contribution in [0.2, 0.25) is 0 Å². The number of nitrogens with zero attached hydrogens (tertiary/aromatic N) is 5. The van der Waals surface area contributed by atoms with E-state index < -0.39 is 18.0 Å². The number of carboxylic acid groups (broad SMARTS) is 1. The molecule has 1 atom stereocenters. The van der Waals surface area contributed by atoms with Gasteiger partial charge in [0.15, 0.2) is 5.82 Å². The molecule has 2 aliphatic rings. The summed E-state index contributed by atoms with van der Waals surface area (Å²) >= 11 is 0. The summed E-state index contributed by atoms with van der Waals surface area (Å²) in [6.07, 6.45) is 1.29. The monoisotopic (exact) mass is 606 g/mol. The predicted molar refractivity (Wildman–Crippen MR) is 160 cm³/mol. The molecule has 2 aliphatic heterocycles. The fourth-order valence-electron chi connectivity index (χ4n) is 5.85. The van der Waals surface area contributed by atoms with E-state index in [4.69, 9.17) is 4.74 Å². The van der Waals surface area contributed by atoms with Crippen LogP contribution in [0.4, 0.5) is 4.79 Å². The first kappa shape index (κ1) is 30.6. The highest BCUT2D eigenvalue weighted by molar-refractivity contribution is 5.92. The second-order valence-electron chi connectivity index (χ2n) is 11.4. The molecule has 3 amide bonds. The Labute approximate surface area is 255 Å². The topological polar surface area (TPSA) is 170 Å². The van der Waals surface area contributed by atoms with Crippen LogP contribution in [0.5, 0.6) is 17.2 Å². The van der Waals surface area contributed by atoms with Gasteiger partial charge in [-0.1, -0.05) is 13.8 Å². The van der Waals surface area contributed by atoms with Crippen molar-refractivity contribution in [3.8, 4) is 34.3 Å². The van der Waals surface area contributed by atoms with Gasteiger partial charge in [-0.2, -0.15) is 0 Å². The van der Waals surface area contributed by atoms with Crippen LogP contribution >= 0.6 is 0 Å². The van der Waals surface area contributed by atoms with Crippen molar-refractivity contribution in [2.24, 2.45) is 0 Å². The highest BCUT2D eigenvalue weighted by atomic mass is 16.5. The number of rotatable bonds is 8. The number of nitrogens with one attached hydrogen (secondary N) is 1. The van der Waals surface area contributed by atoms with Crippen molar-refractivity contribution in [3.63, 3.8) is 0 Å². The number of hydrogen-bond donors (Lipinski definition) is 4. The van der Waals surface area contributed by atoms with Gasteiger partial charge in [-0.25, -0.2) is 4.79 Å². The Morgan fingerprint density at radius 2 is 1.70 bits per heavy atom. The zero-order chi connectivity index (χ0) is 31.5. The van der Waals surface area contributed by atoms with Crippen molar-refractivity contribution in [2.45, 2.75) is 64.5 Å². The molecule has 13 nitrogen and oxygen atoms in total. The molecule has 1 unspecified atom stereocenters. The molecule has 0 aliphatic carbocycles. The Bertz CT molecular complexity index is 1530. The number of carbonyl (C=O) groups is 3. The molecule has 0 radical (unpaired) electrons. The molecule has 2 aromatic carbocycles. The lowest BCUT2D eigenvalue weighted by molar-refractivity contribution is -0.137. The SMILES string of the molecule is CCNC(=O)c1nnc(-c2cc(C(C)C)c(O)cc2O)n1-c1ccc(OC2CCN(C(=O)C3CCCN3C(=O)O)CC2)cc1. The number of aromatic hydroxyl groups is 2. The third-order valence-corrected chi connectivity index (χ3v) is 8.15. The van der Waals surface area contributed by atoms with Crippen LogP contribution in [0.25, 0.3) is 17.1 Å². The van der Waals surface area contributed by atoms with Gasteiger partial charge in [-0.15, -0.1) is 10.2 Å². The predicted octanol–water partition coefficient (Wildman–Crippen LogP) is 3.73. The van der Waals surface area contributed by atoms with Crippen molar-refractivity contribution in [1.29, 1.82) is 0 Å². The minimum atomic E-state index is -1.06. The minimum absolute atomic E-state index is 0.0304. The molecule has 5 rings (SSSR count). The number of ether oxygens (including phenoxy) is 1. The highest BCUT2D eigenvalue weighted by Crippen LogP contribution is 2.38. The average molecular weight is 607 g/mol. The maximum Gasteiger partial charge on any atom is 0.407 e. The third kappa shape index (κ3) is 6.12. The number of aromatic nitrogens is 3. The van der Waals surface area contributed by atoms with Gasteiger partial charge in [-0.05, 0) is 61.6 Å². The molecule has 2 fully saturated rings. The fraction of sp³-hybridized carbons (Fsp3) is 0.452.